The minimum atomic E-state index is -0.916. The minimum Gasteiger partial charge on any atom is -0.388 e. The second-order valence-electron chi connectivity index (χ2n) is 9.40. The van der Waals surface area contributed by atoms with Gasteiger partial charge in [-0.15, -0.1) is 0 Å². The molecule has 4 aromatic rings. The van der Waals surface area contributed by atoms with Gasteiger partial charge in [0.1, 0.15) is 5.60 Å². The first-order valence-electron chi connectivity index (χ1n) is 12.7. The number of rotatable bonds is 10. The van der Waals surface area contributed by atoms with Crippen molar-refractivity contribution in [1.82, 2.24) is 10.2 Å². The molecule has 1 saturated heterocycles. The highest BCUT2D eigenvalue weighted by Crippen LogP contribution is 2.40. The molecule has 5 nitrogen and oxygen atoms in total. The maximum absolute atomic E-state index is 12.6. The number of carbonyl (C=O) groups is 1. The molecular formula is C32H32N2O3. The van der Waals surface area contributed by atoms with Crippen LogP contribution in [0.4, 0.5) is 4.79 Å². The molecule has 37 heavy (non-hydrogen) atoms. The monoisotopic (exact) mass is 492 g/mol. The summed E-state index contributed by atoms with van der Waals surface area (Å²) in [6.45, 7) is 1.09. The molecule has 0 unspecified atom stereocenters. The normalized spacial score (nSPS) is 16.4. The topological polar surface area (TPSA) is 61.8 Å². The first-order valence-corrected chi connectivity index (χ1v) is 12.7. The van der Waals surface area contributed by atoms with Gasteiger partial charge in [-0.3, -0.25) is 0 Å². The van der Waals surface area contributed by atoms with Gasteiger partial charge in [0.25, 0.3) is 0 Å². The van der Waals surface area contributed by atoms with Crippen LogP contribution < -0.4 is 5.32 Å². The highest BCUT2D eigenvalue weighted by Gasteiger charge is 2.40. The number of ether oxygens (including phenoxy) is 1. The van der Waals surface area contributed by atoms with Crippen molar-refractivity contribution < 1.29 is 14.6 Å². The van der Waals surface area contributed by atoms with Crippen molar-refractivity contribution in [2.75, 3.05) is 19.7 Å². The zero-order valence-corrected chi connectivity index (χ0v) is 20.7. The highest BCUT2D eigenvalue weighted by atomic mass is 16.5. The van der Waals surface area contributed by atoms with Crippen molar-refractivity contribution in [2.45, 2.75) is 24.2 Å². The fourth-order valence-electron chi connectivity index (χ4n) is 5.03. The van der Waals surface area contributed by atoms with Gasteiger partial charge in [-0.25, -0.2) is 4.79 Å². The minimum absolute atomic E-state index is 0.0517. The van der Waals surface area contributed by atoms with Crippen LogP contribution in [0.3, 0.4) is 0 Å². The molecule has 0 spiro atoms. The number of aliphatic hydroxyl groups excluding tert-OH is 1. The molecule has 1 heterocycles. The molecule has 0 aliphatic carbocycles. The molecule has 5 heteroatoms. The SMILES string of the molecule is O=C1N[C@H]([C@@H](O)COC(c2ccccc2)(c2ccccc2)c2ccccc2)CN1CCc1ccccc1. The van der Waals surface area contributed by atoms with Crippen LogP contribution in [-0.4, -0.2) is 47.9 Å². The molecule has 1 aliphatic heterocycles. The molecule has 0 radical (unpaired) electrons. The highest BCUT2D eigenvalue weighted by molar-refractivity contribution is 5.77. The Balaban J connectivity index is 1.36. The van der Waals surface area contributed by atoms with E-state index in [1.54, 1.807) is 4.90 Å². The number of nitrogens with zero attached hydrogens (tertiary/aromatic N) is 1. The fourth-order valence-corrected chi connectivity index (χ4v) is 5.03. The zero-order chi connectivity index (χ0) is 25.5. The smallest absolute Gasteiger partial charge is 0.317 e. The van der Waals surface area contributed by atoms with Crippen LogP contribution >= 0.6 is 0 Å². The summed E-state index contributed by atoms with van der Waals surface area (Å²) in [6, 6.07) is 39.8. The summed E-state index contributed by atoms with van der Waals surface area (Å²) in [5.74, 6) is 0. The average Bonchev–Trinajstić information content (AvgIpc) is 3.35. The second kappa shape index (κ2) is 11.4. The van der Waals surface area contributed by atoms with Crippen LogP contribution in [0.5, 0.6) is 0 Å². The molecule has 1 fully saturated rings. The van der Waals surface area contributed by atoms with Gasteiger partial charge in [0.15, 0.2) is 0 Å². The van der Waals surface area contributed by atoms with Crippen LogP contribution in [0, 0.1) is 0 Å². The van der Waals surface area contributed by atoms with Gasteiger partial charge in [-0.05, 0) is 28.7 Å². The lowest BCUT2D eigenvalue weighted by Gasteiger charge is -2.37. The fraction of sp³-hybridized carbons (Fsp3) is 0.219. The largest absolute Gasteiger partial charge is 0.388 e. The van der Waals surface area contributed by atoms with E-state index < -0.39 is 17.7 Å². The Bertz CT molecular complexity index is 1170. The molecule has 2 N–H and O–H groups in total. The zero-order valence-electron chi connectivity index (χ0n) is 20.7. The molecule has 188 valence electrons. The molecule has 5 rings (SSSR count). The molecule has 0 saturated carbocycles. The number of hydrogen-bond acceptors (Lipinski definition) is 3. The van der Waals surface area contributed by atoms with E-state index in [2.05, 4.69) is 53.8 Å². The number of nitrogens with one attached hydrogen (secondary N) is 1. The van der Waals surface area contributed by atoms with Gasteiger partial charge in [-0.1, -0.05) is 121 Å². The maximum Gasteiger partial charge on any atom is 0.317 e. The Labute approximate surface area is 218 Å². The van der Waals surface area contributed by atoms with E-state index in [-0.39, 0.29) is 12.6 Å². The maximum atomic E-state index is 12.6. The summed E-state index contributed by atoms with van der Waals surface area (Å²) >= 11 is 0. The number of benzene rings is 4. The van der Waals surface area contributed by atoms with Crippen LogP contribution in [-0.2, 0) is 16.8 Å². The van der Waals surface area contributed by atoms with E-state index in [0.29, 0.717) is 13.1 Å². The summed E-state index contributed by atoms with van der Waals surface area (Å²) in [7, 11) is 0. The van der Waals surface area contributed by atoms with E-state index in [0.717, 1.165) is 23.1 Å². The van der Waals surface area contributed by atoms with E-state index in [4.69, 9.17) is 4.74 Å². The number of aliphatic hydroxyl groups is 1. The number of amides is 2. The molecular weight excluding hydrogens is 460 g/mol. The molecule has 4 aromatic carbocycles. The van der Waals surface area contributed by atoms with Crippen LogP contribution in [0.1, 0.15) is 22.3 Å². The summed E-state index contributed by atoms with van der Waals surface area (Å²) in [5.41, 5.74) is 3.18. The van der Waals surface area contributed by atoms with Gasteiger partial charge in [0.05, 0.1) is 18.8 Å². The van der Waals surface area contributed by atoms with E-state index >= 15 is 0 Å². The van der Waals surface area contributed by atoms with Crippen LogP contribution in [0.25, 0.3) is 0 Å². The molecule has 1 aliphatic rings. The molecule has 0 bridgehead atoms. The predicted octanol–water partition coefficient (Wildman–Crippen LogP) is 4.99. The Kier molecular flexibility index (Phi) is 7.64. The van der Waals surface area contributed by atoms with Crippen LogP contribution in [0.15, 0.2) is 121 Å². The summed E-state index contributed by atoms with van der Waals surface area (Å²) < 4.78 is 6.74. The first-order chi connectivity index (χ1) is 18.2. The number of hydrogen-bond donors (Lipinski definition) is 2. The molecule has 2 atom stereocenters. The Morgan fingerprint density at radius 1 is 0.784 bits per heavy atom. The van der Waals surface area contributed by atoms with Gasteiger partial charge in [0.2, 0.25) is 0 Å². The molecule has 2 amide bonds. The Morgan fingerprint density at radius 2 is 1.24 bits per heavy atom. The van der Waals surface area contributed by atoms with Gasteiger partial charge >= 0.3 is 6.03 Å². The lowest BCUT2D eigenvalue weighted by molar-refractivity contribution is -0.0460. The third-order valence-electron chi connectivity index (χ3n) is 7.00. The van der Waals surface area contributed by atoms with Gasteiger partial charge in [-0.2, -0.15) is 0 Å². The van der Waals surface area contributed by atoms with Crippen molar-refractivity contribution in [3.05, 3.63) is 144 Å². The summed E-state index contributed by atoms with van der Waals surface area (Å²) in [5, 5.41) is 14.2. The average molecular weight is 493 g/mol. The molecule has 0 aromatic heterocycles. The van der Waals surface area contributed by atoms with Gasteiger partial charge in [0, 0.05) is 13.1 Å². The third kappa shape index (κ3) is 5.43. The summed E-state index contributed by atoms with van der Waals surface area (Å²) in [6.07, 6.45) is -0.103. The standard InChI is InChI=1S/C32H32N2O3/c35-30(29-23-34(31(36)33-29)22-21-25-13-5-1-6-14-25)24-37-32(26-15-7-2-8-16-26,27-17-9-3-10-18-27)28-19-11-4-12-20-28/h1-20,29-30,35H,21-24H2,(H,33,36)/t29-,30-/m0/s1. The number of carbonyl (C=O) groups excluding carboxylic acids is 1. The Hall–Kier alpha value is -3.93. The Morgan fingerprint density at radius 3 is 1.73 bits per heavy atom. The van der Waals surface area contributed by atoms with Crippen LogP contribution in [0.2, 0.25) is 0 Å². The predicted molar refractivity (Wildman–Crippen MR) is 145 cm³/mol. The summed E-state index contributed by atoms with van der Waals surface area (Å²) in [4.78, 5) is 14.4. The van der Waals surface area contributed by atoms with Crippen molar-refractivity contribution in [1.29, 1.82) is 0 Å². The van der Waals surface area contributed by atoms with Crippen molar-refractivity contribution in [2.24, 2.45) is 0 Å². The lowest BCUT2D eigenvalue weighted by atomic mass is 9.80. The van der Waals surface area contributed by atoms with E-state index in [1.807, 2.05) is 72.8 Å². The lowest BCUT2D eigenvalue weighted by Crippen LogP contribution is -2.44. The van der Waals surface area contributed by atoms with E-state index in [1.165, 1.54) is 5.56 Å². The quantitative estimate of drug-likeness (QED) is 0.307. The first kappa shape index (κ1) is 24.8. The van der Waals surface area contributed by atoms with E-state index in [9.17, 15) is 9.90 Å². The second-order valence-corrected chi connectivity index (χ2v) is 9.40. The van der Waals surface area contributed by atoms with Crippen molar-refractivity contribution >= 4 is 6.03 Å². The number of urea groups is 1. The van der Waals surface area contributed by atoms with Crippen molar-refractivity contribution in [3.8, 4) is 0 Å². The van der Waals surface area contributed by atoms with Gasteiger partial charge < -0.3 is 20.1 Å². The van der Waals surface area contributed by atoms with Crippen molar-refractivity contribution in [3.63, 3.8) is 0 Å². The third-order valence-corrected chi connectivity index (χ3v) is 7.00.